The zero-order valence-electron chi connectivity index (χ0n) is 14.4. The van der Waals surface area contributed by atoms with Crippen LogP contribution in [0.4, 0.5) is 11.4 Å². The average Bonchev–Trinajstić information content (AvgIpc) is 3.32. The number of nitrogens with zero attached hydrogens (tertiary/aromatic N) is 3. The molecule has 0 radical (unpaired) electrons. The fraction of sp³-hybridized carbons (Fsp3) is 0.300. The van der Waals surface area contributed by atoms with Gasteiger partial charge in [0.15, 0.2) is 0 Å². The molecule has 0 aliphatic carbocycles. The van der Waals surface area contributed by atoms with E-state index in [2.05, 4.69) is 44.7 Å². The molecule has 0 bridgehead atoms. The Morgan fingerprint density at radius 3 is 2.60 bits per heavy atom. The molecule has 0 unspecified atom stereocenters. The molecule has 1 aliphatic heterocycles. The minimum Gasteiger partial charge on any atom is -0.419 e. The van der Waals surface area contributed by atoms with Crippen LogP contribution in [0.25, 0.3) is 11.5 Å². The van der Waals surface area contributed by atoms with E-state index in [0.29, 0.717) is 18.3 Å². The largest absolute Gasteiger partial charge is 0.419 e. The number of rotatable bonds is 5. The van der Waals surface area contributed by atoms with Crippen LogP contribution in [0, 0.1) is 6.92 Å². The maximum absolute atomic E-state index is 5.76. The maximum atomic E-state index is 5.76. The minimum absolute atomic E-state index is 0.516. The Morgan fingerprint density at radius 1 is 1.04 bits per heavy atom. The van der Waals surface area contributed by atoms with Crippen LogP contribution in [-0.2, 0) is 6.54 Å². The Labute approximate surface area is 147 Å². The molecule has 1 aromatic heterocycles. The van der Waals surface area contributed by atoms with E-state index in [4.69, 9.17) is 4.42 Å². The summed E-state index contributed by atoms with van der Waals surface area (Å²) in [6.45, 7) is 4.89. The fourth-order valence-corrected chi connectivity index (χ4v) is 3.16. The molecule has 1 saturated heterocycles. The first-order valence-corrected chi connectivity index (χ1v) is 8.76. The average molecular weight is 334 g/mol. The van der Waals surface area contributed by atoms with Gasteiger partial charge in [-0.15, -0.1) is 10.2 Å². The van der Waals surface area contributed by atoms with Crippen molar-refractivity contribution in [1.29, 1.82) is 0 Å². The second-order valence-electron chi connectivity index (χ2n) is 6.47. The second-order valence-corrected chi connectivity index (χ2v) is 6.47. The van der Waals surface area contributed by atoms with Gasteiger partial charge in [-0.2, -0.15) is 0 Å². The van der Waals surface area contributed by atoms with E-state index in [1.165, 1.54) is 24.1 Å². The van der Waals surface area contributed by atoms with Gasteiger partial charge in [-0.05, 0) is 56.2 Å². The van der Waals surface area contributed by atoms with Crippen LogP contribution in [0.15, 0.2) is 52.9 Å². The van der Waals surface area contributed by atoms with Crippen molar-refractivity contribution in [2.75, 3.05) is 23.3 Å². The van der Waals surface area contributed by atoms with Crippen molar-refractivity contribution in [3.8, 4) is 11.5 Å². The Bertz CT molecular complexity index is 835. The summed E-state index contributed by atoms with van der Waals surface area (Å²) < 4.78 is 5.76. The molecule has 2 heterocycles. The van der Waals surface area contributed by atoms with Crippen LogP contribution < -0.4 is 10.2 Å². The van der Waals surface area contributed by atoms with Crippen LogP contribution in [0.2, 0.25) is 0 Å². The molecule has 3 aromatic rings. The zero-order valence-corrected chi connectivity index (χ0v) is 14.4. The third-order valence-electron chi connectivity index (χ3n) is 4.51. The van der Waals surface area contributed by atoms with Crippen molar-refractivity contribution in [2.24, 2.45) is 0 Å². The van der Waals surface area contributed by atoms with Gasteiger partial charge < -0.3 is 14.6 Å². The van der Waals surface area contributed by atoms with E-state index < -0.39 is 0 Å². The summed E-state index contributed by atoms with van der Waals surface area (Å²) in [4.78, 5) is 2.43. The molecule has 4 rings (SSSR count). The number of benzene rings is 2. The summed E-state index contributed by atoms with van der Waals surface area (Å²) in [5.41, 5.74) is 4.48. The predicted molar refractivity (Wildman–Crippen MR) is 99.7 cm³/mol. The smallest absolute Gasteiger partial charge is 0.247 e. The molecule has 1 aliphatic rings. The van der Waals surface area contributed by atoms with Gasteiger partial charge in [0.2, 0.25) is 11.8 Å². The Balaban J connectivity index is 1.38. The highest BCUT2D eigenvalue weighted by molar-refractivity contribution is 5.56. The van der Waals surface area contributed by atoms with Gasteiger partial charge in [0, 0.05) is 30.0 Å². The highest BCUT2D eigenvalue weighted by atomic mass is 16.4. The lowest BCUT2D eigenvalue weighted by molar-refractivity contribution is 0.515. The predicted octanol–water partition coefficient (Wildman–Crippen LogP) is 4.26. The molecule has 5 nitrogen and oxygen atoms in total. The van der Waals surface area contributed by atoms with Crippen molar-refractivity contribution in [3.63, 3.8) is 0 Å². The van der Waals surface area contributed by atoms with Crippen molar-refractivity contribution in [3.05, 3.63) is 60.0 Å². The standard InChI is InChI=1S/C20H22N4O/c1-15-5-4-6-16(13-15)20-23-22-19(25-20)14-21-17-7-9-18(10-8-17)24-11-2-3-12-24/h4-10,13,21H,2-3,11-12,14H2,1H3. The van der Waals surface area contributed by atoms with Crippen LogP contribution in [0.5, 0.6) is 0 Å². The summed E-state index contributed by atoms with van der Waals surface area (Å²) in [5, 5.41) is 11.6. The van der Waals surface area contributed by atoms with Crippen molar-refractivity contribution in [2.45, 2.75) is 26.3 Å². The van der Waals surface area contributed by atoms with Gasteiger partial charge in [0.05, 0.1) is 6.54 Å². The third kappa shape index (κ3) is 3.65. The molecule has 1 N–H and O–H groups in total. The van der Waals surface area contributed by atoms with E-state index in [9.17, 15) is 0 Å². The lowest BCUT2D eigenvalue weighted by atomic mass is 10.1. The number of nitrogens with one attached hydrogen (secondary N) is 1. The van der Waals surface area contributed by atoms with Crippen molar-refractivity contribution < 1.29 is 4.42 Å². The van der Waals surface area contributed by atoms with Gasteiger partial charge in [0.1, 0.15) is 0 Å². The molecule has 0 amide bonds. The van der Waals surface area contributed by atoms with Crippen LogP contribution in [-0.4, -0.2) is 23.3 Å². The number of aromatic nitrogens is 2. The summed E-state index contributed by atoms with van der Waals surface area (Å²) in [5.74, 6) is 1.14. The normalized spacial score (nSPS) is 14.0. The van der Waals surface area contributed by atoms with Gasteiger partial charge in [0.25, 0.3) is 0 Å². The van der Waals surface area contributed by atoms with Gasteiger partial charge >= 0.3 is 0 Å². The first-order chi connectivity index (χ1) is 12.3. The third-order valence-corrected chi connectivity index (χ3v) is 4.51. The lowest BCUT2D eigenvalue weighted by Crippen LogP contribution is -2.17. The zero-order chi connectivity index (χ0) is 17.1. The molecule has 128 valence electrons. The van der Waals surface area contributed by atoms with Gasteiger partial charge in [-0.3, -0.25) is 0 Å². The van der Waals surface area contributed by atoms with Gasteiger partial charge in [-0.25, -0.2) is 0 Å². The van der Waals surface area contributed by atoms with E-state index >= 15 is 0 Å². The van der Waals surface area contributed by atoms with Crippen molar-refractivity contribution >= 4 is 11.4 Å². The molecular weight excluding hydrogens is 312 g/mol. The monoisotopic (exact) mass is 334 g/mol. The Hall–Kier alpha value is -2.82. The number of hydrogen-bond donors (Lipinski definition) is 1. The summed E-state index contributed by atoms with van der Waals surface area (Å²) in [6, 6.07) is 16.6. The SMILES string of the molecule is Cc1cccc(-c2nnc(CNc3ccc(N4CCCC4)cc3)o2)c1. The second kappa shape index (κ2) is 6.97. The molecule has 0 spiro atoms. The van der Waals surface area contributed by atoms with Crippen molar-refractivity contribution in [1.82, 2.24) is 10.2 Å². The Morgan fingerprint density at radius 2 is 1.84 bits per heavy atom. The van der Waals surface area contributed by atoms with Crippen LogP contribution in [0.1, 0.15) is 24.3 Å². The first-order valence-electron chi connectivity index (χ1n) is 8.76. The van der Waals surface area contributed by atoms with Crippen LogP contribution >= 0.6 is 0 Å². The highest BCUT2D eigenvalue weighted by Crippen LogP contribution is 2.23. The first kappa shape index (κ1) is 15.7. The molecule has 2 aromatic carbocycles. The number of anilines is 2. The molecule has 5 heteroatoms. The fourth-order valence-electron chi connectivity index (χ4n) is 3.16. The molecule has 25 heavy (non-hydrogen) atoms. The lowest BCUT2D eigenvalue weighted by Gasteiger charge is -2.17. The Kier molecular flexibility index (Phi) is 4.37. The minimum atomic E-state index is 0.516. The molecular formula is C20H22N4O. The topological polar surface area (TPSA) is 54.2 Å². The molecule has 1 fully saturated rings. The van der Waals surface area contributed by atoms with E-state index in [0.717, 1.165) is 24.3 Å². The highest BCUT2D eigenvalue weighted by Gasteiger charge is 2.12. The summed E-state index contributed by atoms with van der Waals surface area (Å²) >= 11 is 0. The van der Waals surface area contributed by atoms with E-state index in [-0.39, 0.29) is 0 Å². The molecule has 0 saturated carbocycles. The summed E-state index contributed by atoms with van der Waals surface area (Å²) in [6.07, 6.45) is 2.58. The summed E-state index contributed by atoms with van der Waals surface area (Å²) in [7, 11) is 0. The number of aryl methyl sites for hydroxylation is 1. The quantitative estimate of drug-likeness (QED) is 0.755. The van der Waals surface area contributed by atoms with Crippen LogP contribution in [0.3, 0.4) is 0 Å². The van der Waals surface area contributed by atoms with Gasteiger partial charge in [-0.1, -0.05) is 17.7 Å². The van der Waals surface area contributed by atoms with E-state index in [1.54, 1.807) is 0 Å². The number of hydrogen-bond acceptors (Lipinski definition) is 5. The molecule has 0 atom stereocenters. The van der Waals surface area contributed by atoms with E-state index in [1.807, 2.05) is 31.2 Å². The maximum Gasteiger partial charge on any atom is 0.247 e.